The van der Waals surface area contributed by atoms with Crippen LogP contribution in [0.5, 0.6) is 0 Å². The maximum atomic E-state index is 11.0. The number of piperazine rings is 1. The number of amides is 2. The Hall–Kier alpha value is -1.63. The molecule has 1 aliphatic rings. The van der Waals surface area contributed by atoms with Gasteiger partial charge in [0.1, 0.15) is 0 Å². The van der Waals surface area contributed by atoms with Crippen LogP contribution >= 0.6 is 0 Å². The molecule has 0 aliphatic carbocycles. The summed E-state index contributed by atoms with van der Waals surface area (Å²) in [4.78, 5) is 19.2. The summed E-state index contributed by atoms with van der Waals surface area (Å²) in [5.74, 6) is 1.37. The molecule has 0 spiro atoms. The zero-order valence-electron chi connectivity index (χ0n) is 10.8. The molecule has 2 N–H and O–H groups in total. The number of nitrogens with zero attached hydrogens (tertiary/aromatic N) is 4. The molecule has 1 aromatic heterocycles. The van der Waals surface area contributed by atoms with Gasteiger partial charge in [-0.1, -0.05) is 12.1 Å². The average Bonchev–Trinajstić information content (AvgIpc) is 2.86. The van der Waals surface area contributed by atoms with Crippen molar-refractivity contribution in [3.05, 3.63) is 11.7 Å². The molecular weight excluding hydrogens is 234 g/mol. The Morgan fingerprint density at radius 3 is 2.61 bits per heavy atom. The lowest BCUT2D eigenvalue weighted by Gasteiger charge is -2.35. The minimum absolute atomic E-state index is 0.0767. The quantitative estimate of drug-likeness (QED) is 0.841. The van der Waals surface area contributed by atoms with Crippen molar-refractivity contribution in [2.75, 3.05) is 26.2 Å². The van der Waals surface area contributed by atoms with Gasteiger partial charge in [0.2, 0.25) is 5.89 Å². The number of hydrogen-bond donors (Lipinski definition) is 1. The maximum Gasteiger partial charge on any atom is 0.314 e. The van der Waals surface area contributed by atoms with Crippen molar-refractivity contribution in [2.45, 2.75) is 26.3 Å². The van der Waals surface area contributed by atoms with E-state index in [2.05, 4.69) is 15.0 Å². The highest BCUT2D eigenvalue weighted by Crippen LogP contribution is 2.20. The van der Waals surface area contributed by atoms with Crippen LogP contribution in [0.3, 0.4) is 0 Å². The van der Waals surface area contributed by atoms with Crippen LogP contribution in [-0.4, -0.2) is 52.2 Å². The third kappa shape index (κ3) is 2.61. The standard InChI is InChI=1S/C11H19N5O2/c1-3-9-13-10(18-14-9)8(2)15-4-6-16(7-5-15)11(12)17/h8H,3-7H2,1-2H3,(H2,12,17)/t8-/m0/s1. The van der Waals surface area contributed by atoms with Crippen molar-refractivity contribution < 1.29 is 9.32 Å². The molecule has 2 heterocycles. The van der Waals surface area contributed by atoms with E-state index in [0.717, 1.165) is 25.3 Å². The molecule has 18 heavy (non-hydrogen) atoms. The second-order valence-electron chi connectivity index (χ2n) is 4.44. The van der Waals surface area contributed by atoms with Gasteiger partial charge in [-0.15, -0.1) is 0 Å². The Bertz CT molecular complexity index is 411. The number of aryl methyl sites for hydroxylation is 1. The molecule has 1 aliphatic heterocycles. The predicted octanol–water partition coefficient (Wildman–Crippen LogP) is 0.389. The third-order valence-corrected chi connectivity index (χ3v) is 3.33. The molecule has 0 bridgehead atoms. The Balaban J connectivity index is 1.94. The molecule has 1 aromatic rings. The lowest BCUT2D eigenvalue weighted by molar-refractivity contribution is 0.103. The van der Waals surface area contributed by atoms with E-state index in [4.69, 9.17) is 10.3 Å². The summed E-state index contributed by atoms with van der Waals surface area (Å²) in [5, 5.41) is 3.90. The van der Waals surface area contributed by atoms with Crippen LogP contribution < -0.4 is 5.73 Å². The van der Waals surface area contributed by atoms with Gasteiger partial charge in [-0.3, -0.25) is 4.90 Å². The predicted molar refractivity (Wildman–Crippen MR) is 64.8 cm³/mol. The Morgan fingerprint density at radius 2 is 2.11 bits per heavy atom. The zero-order valence-corrected chi connectivity index (χ0v) is 10.8. The first-order valence-electron chi connectivity index (χ1n) is 6.22. The Labute approximate surface area is 106 Å². The number of nitrogens with two attached hydrogens (primary N) is 1. The minimum Gasteiger partial charge on any atom is -0.351 e. The van der Waals surface area contributed by atoms with Crippen LogP contribution in [0.25, 0.3) is 0 Å². The normalized spacial score (nSPS) is 18.9. The first kappa shape index (κ1) is 12.8. The highest BCUT2D eigenvalue weighted by molar-refractivity contribution is 5.72. The summed E-state index contributed by atoms with van der Waals surface area (Å²) in [6.45, 7) is 6.86. The molecule has 0 saturated carbocycles. The summed E-state index contributed by atoms with van der Waals surface area (Å²) in [7, 11) is 0. The first-order chi connectivity index (χ1) is 8.61. The molecule has 1 saturated heterocycles. The number of aromatic nitrogens is 2. The first-order valence-corrected chi connectivity index (χ1v) is 6.22. The van der Waals surface area contributed by atoms with Gasteiger partial charge in [0.25, 0.3) is 0 Å². The lowest BCUT2D eigenvalue weighted by Crippen LogP contribution is -2.50. The molecule has 0 unspecified atom stereocenters. The summed E-state index contributed by atoms with van der Waals surface area (Å²) in [6, 6.07) is -0.277. The second kappa shape index (κ2) is 5.34. The summed E-state index contributed by atoms with van der Waals surface area (Å²) >= 11 is 0. The highest BCUT2D eigenvalue weighted by Gasteiger charge is 2.26. The van der Waals surface area contributed by atoms with E-state index in [1.165, 1.54) is 0 Å². The van der Waals surface area contributed by atoms with Crippen LogP contribution in [0.2, 0.25) is 0 Å². The van der Waals surface area contributed by atoms with Crippen LogP contribution in [0.4, 0.5) is 4.79 Å². The van der Waals surface area contributed by atoms with E-state index < -0.39 is 0 Å². The maximum absolute atomic E-state index is 11.0. The fourth-order valence-corrected chi connectivity index (χ4v) is 2.07. The van der Waals surface area contributed by atoms with Crippen LogP contribution in [-0.2, 0) is 6.42 Å². The topological polar surface area (TPSA) is 88.5 Å². The van der Waals surface area contributed by atoms with E-state index in [-0.39, 0.29) is 12.1 Å². The number of carbonyl (C=O) groups is 1. The van der Waals surface area contributed by atoms with Crippen LogP contribution in [0, 0.1) is 0 Å². The molecule has 1 atom stereocenters. The molecule has 7 heteroatoms. The molecule has 1 fully saturated rings. The summed E-state index contributed by atoms with van der Waals surface area (Å²) < 4.78 is 5.24. The number of carbonyl (C=O) groups excluding carboxylic acids is 1. The SMILES string of the molecule is CCc1noc([C@H](C)N2CCN(C(N)=O)CC2)n1. The van der Waals surface area contributed by atoms with Gasteiger partial charge in [-0.2, -0.15) is 4.98 Å². The van der Waals surface area contributed by atoms with Gasteiger partial charge in [-0.05, 0) is 6.92 Å². The fourth-order valence-electron chi connectivity index (χ4n) is 2.07. The van der Waals surface area contributed by atoms with Gasteiger partial charge in [0.05, 0.1) is 6.04 Å². The largest absolute Gasteiger partial charge is 0.351 e. The van der Waals surface area contributed by atoms with E-state index >= 15 is 0 Å². The van der Waals surface area contributed by atoms with Gasteiger partial charge in [0, 0.05) is 32.6 Å². The summed E-state index contributed by atoms with van der Waals surface area (Å²) in [6.07, 6.45) is 0.770. The molecule has 2 rings (SSSR count). The van der Waals surface area contributed by atoms with E-state index in [0.29, 0.717) is 19.0 Å². The third-order valence-electron chi connectivity index (χ3n) is 3.33. The highest BCUT2D eigenvalue weighted by atomic mass is 16.5. The van der Waals surface area contributed by atoms with Crippen molar-refractivity contribution >= 4 is 6.03 Å². The van der Waals surface area contributed by atoms with Gasteiger partial charge < -0.3 is 15.2 Å². The molecule has 0 radical (unpaired) electrons. The second-order valence-corrected chi connectivity index (χ2v) is 4.44. The molecule has 7 nitrogen and oxygen atoms in total. The zero-order chi connectivity index (χ0) is 13.1. The average molecular weight is 253 g/mol. The molecular formula is C11H19N5O2. The van der Waals surface area contributed by atoms with Crippen molar-refractivity contribution in [3.63, 3.8) is 0 Å². The number of primary amides is 1. The van der Waals surface area contributed by atoms with Gasteiger partial charge in [-0.25, -0.2) is 4.79 Å². The lowest BCUT2D eigenvalue weighted by atomic mass is 10.2. The number of hydrogen-bond acceptors (Lipinski definition) is 5. The van der Waals surface area contributed by atoms with Crippen LogP contribution in [0.15, 0.2) is 4.52 Å². The van der Waals surface area contributed by atoms with Crippen molar-refractivity contribution in [1.82, 2.24) is 19.9 Å². The Morgan fingerprint density at radius 1 is 1.44 bits per heavy atom. The fraction of sp³-hybridized carbons (Fsp3) is 0.727. The van der Waals surface area contributed by atoms with Crippen molar-refractivity contribution in [1.29, 1.82) is 0 Å². The number of rotatable bonds is 3. The molecule has 0 aromatic carbocycles. The van der Waals surface area contributed by atoms with E-state index in [1.54, 1.807) is 4.90 Å². The summed E-state index contributed by atoms with van der Waals surface area (Å²) in [5.41, 5.74) is 5.25. The number of urea groups is 1. The smallest absolute Gasteiger partial charge is 0.314 e. The molecule has 100 valence electrons. The van der Waals surface area contributed by atoms with Crippen molar-refractivity contribution in [2.24, 2.45) is 5.73 Å². The van der Waals surface area contributed by atoms with Gasteiger partial charge in [0.15, 0.2) is 5.82 Å². The minimum atomic E-state index is -0.353. The van der Waals surface area contributed by atoms with E-state index in [9.17, 15) is 4.79 Å². The monoisotopic (exact) mass is 253 g/mol. The molecule has 2 amide bonds. The van der Waals surface area contributed by atoms with Gasteiger partial charge >= 0.3 is 6.03 Å². The Kier molecular flexibility index (Phi) is 3.81. The van der Waals surface area contributed by atoms with E-state index in [1.807, 2.05) is 13.8 Å². The van der Waals surface area contributed by atoms with Crippen molar-refractivity contribution in [3.8, 4) is 0 Å². The van der Waals surface area contributed by atoms with Crippen LogP contribution in [0.1, 0.15) is 31.6 Å².